The summed E-state index contributed by atoms with van der Waals surface area (Å²) in [7, 11) is 0. The molecule has 0 N–H and O–H groups in total. The van der Waals surface area contributed by atoms with Crippen LogP contribution in [0.15, 0.2) is 36.4 Å². The molecule has 1 aromatic carbocycles. The van der Waals surface area contributed by atoms with Gasteiger partial charge >= 0.3 is 0 Å². The molecule has 66 valence electrons. The van der Waals surface area contributed by atoms with E-state index < -0.39 is 11.6 Å². The van der Waals surface area contributed by atoms with Gasteiger partial charge in [0.1, 0.15) is 0 Å². The van der Waals surface area contributed by atoms with Gasteiger partial charge in [-0.3, -0.25) is 0 Å². The summed E-state index contributed by atoms with van der Waals surface area (Å²) in [5.41, 5.74) is 1.20. The first kappa shape index (κ1) is 8.17. The molecular weight excluding hydrogens is 170 g/mol. The predicted octanol–water partition coefficient (Wildman–Crippen LogP) is 3.31. The van der Waals surface area contributed by atoms with Crippen molar-refractivity contribution in [3.63, 3.8) is 0 Å². The van der Waals surface area contributed by atoms with Crippen LogP contribution < -0.4 is 0 Å². The fraction of sp³-hybridized carbons (Fsp3) is 0.0909. The van der Waals surface area contributed by atoms with Gasteiger partial charge in [0.2, 0.25) is 0 Å². The first-order valence-corrected chi connectivity index (χ1v) is 4.09. The molecule has 1 aromatic rings. The van der Waals surface area contributed by atoms with E-state index >= 15 is 0 Å². The summed E-state index contributed by atoms with van der Waals surface area (Å²) < 4.78 is 26.0. The van der Waals surface area contributed by atoms with E-state index in [1.807, 2.05) is 12.2 Å². The monoisotopic (exact) mass is 178 g/mol. The van der Waals surface area contributed by atoms with Crippen molar-refractivity contribution in [1.82, 2.24) is 0 Å². The highest BCUT2D eigenvalue weighted by molar-refractivity contribution is 5.71. The van der Waals surface area contributed by atoms with E-state index in [-0.39, 0.29) is 0 Å². The lowest BCUT2D eigenvalue weighted by atomic mass is 10.0. The second-order valence-electron chi connectivity index (χ2n) is 2.93. The number of hydrogen-bond acceptors (Lipinski definition) is 0. The van der Waals surface area contributed by atoms with Gasteiger partial charge in [0.25, 0.3) is 0 Å². The maximum absolute atomic E-state index is 13.2. The molecule has 0 saturated carbocycles. The third kappa shape index (κ3) is 1.39. The molecule has 1 aliphatic carbocycles. The smallest absolute Gasteiger partial charge is 0.166 e. The summed E-state index contributed by atoms with van der Waals surface area (Å²) in [5, 5.41) is 0. The lowest BCUT2D eigenvalue weighted by Gasteiger charge is -2.03. The Morgan fingerprint density at radius 1 is 1.15 bits per heavy atom. The number of hydrogen-bond donors (Lipinski definition) is 0. The molecule has 2 heteroatoms. The van der Waals surface area contributed by atoms with E-state index in [0.29, 0.717) is 12.0 Å². The maximum Gasteiger partial charge on any atom is 0.166 e. The van der Waals surface area contributed by atoms with Gasteiger partial charge in [-0.15, -0.1) is 0 Å². The molecule has 2 rings (SSSR count). The van der Waals surface area contributed by atoms with Crippen LogP contribution in [0.3, 0.4) is 0 Å². The van der Waals surface area contributed by atoms with Crippen LogP contribution in [0.2, 0.25) is 0 Å². The van der Waals surface area contributed by atoms with Crippen LogP contribution in [-0.4, -0.2) is 0 Å². The van der Waals surface area contributed by atoms with Crippen LogP contribution in [0, 0.1) is 11.6 Å². The van der Waals surface area contributed by atoms with Crippen LogP contribution in [-0.2, 0) is 0 Å². The van der Waals surface area contributed by atoms with Crippen LogP contribution in [0.25, 0.3) is 5.57 Å². The Balaban J connectivity index is 2.46. The van der Waals surface area contributed by atoms with Gasteiger partial charge in [-0.25, -0.2) is 8.78 Å². The van der Waals surface area contributed by atoms with Crippen molar-refractivity contribution in [3.8, 4) is 0 Å². The van der Waals surface area contributed by atoms with E-state index in [2.05, 4.69) is 0 Å². The minimum absolute atomic E-state index is 0.366. The number of allylic oxidation sites excluding steroid dienone is 4. The van der Waals surface area contributed by atoms with Crippen molar-refractivity contribution in [2.75, 3.05) is 0 Å². The summed E-state index contributed by atoms with van der Waals surface area (Å²) in [6, 6.07) is 4.24. The molecule has 13 heavy (non-hydrogen) atoms. The minimum Gasteiger partial charge on any atom is -0.204 e. The van der Waals surface area contributed by atoms with Crippen LogP contribution >= 0.6 is 0 Å². The van der Waals surface area contributed by atoms with Gasteiger partial charge < -0.3 is 0 Å². The van der Waals surface area contributed by atoms with Crippen LogP contribution in [0.4, 0.5) is 8.78 Å². The fourth-order valence-electron chi connectivity index (χ4n) is 1.40. The van der Waals surface area contributed by atoms with Gasteiger partial charge in [-0.2, -0.15) is 0 Å². The summed E-state index contributed by atoms with van der Waals surface area (Å²) >= 11 is 0. The van der Waals surface area contributed by atoms with E-state index in [4.69, 9.17) is 0 Å². The van der Waals surface area contributed by atoms with Gasteiger partial charge in [0, 0.05) is 5.56 Å². The quantitative estimate of drug-likeness (QED) is 0.618. The molecule has 0 aliphatic heterocycles. The average Bonchev–Trinajstić information content (AvgIpc) is 2.62. The Morgan fingerprint density at radius 2 is 2.00 bits per heavy atom. The summed E-state index contributed by atoms with van der Waals surface area (Å²) in [4.78, 5) is 0. The molecule has 0 fully saturated rings. The maximum atomic E-state index is 13.2. The van der Waals surface area contributed by atoms with E-state index in [1.165, 1.54) is 6.07 Å². The topological polar surface area (TPSA) is 0 Å². The van der Waals surface area contributed by atoms with Gasteiger partial charge in [-0.1, -0.05) is 30.4 Å². The SMILES string of the molecule is Fc1cccc(C2=CC=CC2)c1F. The molecule has 0 aromatic heterocycles. The van der Waals surface area contributed by atoms with Crippen molar-refractivity contribution >= 4 is 5.57 Å². The molecule has 0 unspecified atom stereocenters. The fourth-order valence-corrected chi connectivity index (χ4v) is 1.40. The molecule has 0 amide bonds. The third-order valence-electron chi connectivity index (χ3n) is 2.07. The largest absolute Gasteiger partial charge is 0.204 e. The summed E-state index contributed by atoms with van der Waals surface area (Å²) in [6.45, 7) is 0. The molecule has 0 bridgehead atoms. The Bertz CT molecular complexity index is 389. The Morgan fingerprint density at radius 3 is 2.69 bits per heavy atom. The highest BCUT2D eigenvalue weighted by atomic mass is 19.2. The minimum atomic E-state index is -0.787. The summed E-state index contributed by atoms with van der Waals surface area (Å²) in [6.07, 6.45) is 6.25. The van der Waals surface area contributed by atoms with E-state index in [1.54, 1.807) is 12.1 Å². The Hall–Kier alpha value is -1.44. The first-order valence-electron chi connectivity index (χ1n) is 4.09. The van der Waals surface area contributed by atoms with E-state index in [0.717, 1.165) is 11.6 Å². The average molecular weight is 178 g/mol. The number of rotatable bonds is 1. The van der Waals surface area contributed by atoms with Gasteiger partial charge in [-0.05, 0) is 18.1 Å². The molecule has 0 atom stereocenters. The Kier molecular flexibility index (Phi) is 1.97. The van der Waals surface area contributed by atoms with Crippen molar-refractivity contribution in [2.24, 2.45) is 0 Å². The lowest BCUT2D eigenvalue weighted by molar-refractivity contribution is 0.506. The highest BCUT2D eigenvalue weighted by Crippen LogP contribution is 2.26. The standard InChI is InChI=1S/C11H8F2/c12-10-7-3-6-9(11(10)13)8-4-1-2-5-8/h1-4,6-7H,5H2. The zero-order chi connectivity index (χ0) is 9.26. The lowest BCUT2D eigenvalue weighted by Crippen LogP contribution is -1.91. The van der Waals surface area contributed by atoms with Crippen molar-refractivity contribution in [1.29, 1.82) is 0 Å². The molecule has 0 radical (unpaired) electrons. The van der Waals surface area contributed by atoms with Crippen LogP contribution in [0.5, 0.6) is 0 Å². The highest BCUT2D eigenvalue weighted by Gasteiger charge is 2.11. The predicted molar refractivity (Wildman–Crippen MR) is 48.1 cm³/mol. The summed E-state index contributed by atoms with van der Waals surface area (Å²) in [5.74, 6) is -1.54. The van der Waals surface area contributed by atoms with Crippen LogP contribution in [0.1, 0.15) is 12.0 Å². The van der Waals surface area contributed by atoms with Crippen molar-refractivity contribution in [2.45, 2.75) is 6.42 Å². The first-order chi connectivity index (χ1) is 6.29. The molecule has 0 saturated heterocycles. The molecule has 0 heterocycles. The number of halogens is 2. The van der Waals surface area contributed by atoms with Gasteiger partial charge in [0.05, 0.1) is 0 Å². The third-order valence-corrected chi connectivity index (χ3v) is 2.07. The number of benzene rings is 1. The van der Waals surface area contributed by atoms with Crippen molar-refractivity contribution in [3.05, 3.63) is 53.6 Å². The second-order valence-corrected chi connectivity index (χ2v) is 2.93. The molecular formula is C11H8F2. The normalized spacial score (nSPS) is 14.8. The zero-order valence-corrected chi connectivity index (χ0v) is 6.93. The van der Waals surface area contributed by atoms with E-state index in [9.17, 15) is 8.78 Å². The zero-order valence-electron chi connectivity index (χ0n) is 6.93. The van der Waals surface area contributed by atoms with Gasteiger partial charge in [0.15, 0.2) is 11.6 Å². The second kappa shape index (κ2) is 3.13. The molecule has 0 spiro atoms. The van der Waals surface area contributed by atoms with Crippen molar-refractivity contribution < 1.29 is 8.78 Å². The Labute approximate surface area is 75.2 Å². The molecule has 1 aliphatic rings. The molecule has 0 nitrogen and oxygen atoms in total.